The van der Waals surface area contributed by atoms with Gasteiger partial charge in [-0.1, -0.05) is 24.6 Å². The molecule has 4 nitrogen and oxygen atoms in total. The number of hydrogen-bond acceptors (Lipinski definition) is 3. The third kappa shape index (κ3) is 3.83. The van der Waals surface area contributed by atoms with Gasteiger partial charge in [0.15, 0.2) is 0 Å². The molecule has 1 unspecified atom stereocenters. The zero-order valence-corrected chi connectivity index (χ0v) is 12.9. The number of rotatable bonds is 4. The number of benzene rings is 1. The van der Waals surface area contributed by atoms with Crippen LogP contribution in [0.5, 0.6) is 0 Å². The lowest BCUT2D eigenvalue weighted by atomic mass is 9.90. The molecule has 1 aliphatic rings. The number of carbonyl (C=O) groups is 1. The zero-order valence-electron chi connectivity index (χ0n) is 12.9. The standard InChI is InChI=1S/C17H23N3O/c1-13-6-5-7-15(14(13)2)16-8-3-4-11-20(16)12-17(21)19-10-9-18/h5-7,16H,3-4,8,10-12H2,1-2H3,(H,19,21). The lowest BCUT2D eigenvalue weighted by molar-refractivity contribution is -0.123. The molecule has 1 aromatic rings. The van der Waals surface area contributed by atoms with Gasteiger partial charge in [-0.2, -0.15) is 5.26 Å². The minimum Gasteiger partial charge on any atom is -0.342 e. The summed E-state index contributed by atoms with van der Waals surface area (Å²) in [6.07, 6.45) is 3.43. The second kappa shape index (κ2) is 7.24. The number of carbonyl (C=O) groups excluding carboxylic acids is 1. The van der Waals surface area contributed by atoms with E-state index in [0.29, 0.717) is 12.6 Å². The van der Waals surface area contributed by atoms with Crippen molar-refractivity contribution in [1.29, 1.82) is 5.26 Å². The molecule has 1 aliphatic heterocycles. The van der Waals surface area contributed by atoms with Gasteiger partial charge in [-0.05, 0) is 49.9 Å². The van der Waals surface area contributed by atoms with E-state index in [-0.39, 0.29) is 12.5 Å². The summed E-state index contributed by atoms with van der Waals surface area (Å²) in [5, 5.41) is 11.2. The Morgan fingerprint density at radius 3 is 3.00 bits per heavy atom. The van der Waals surface area contributed by atoms with Gasteiger partial charge in [0.05, 0.1) is 12.6 Å². The molecule has 0 radical (unpaired) electrons. The Hall–Kier alpha value is -1.86. The number of nitrogens with one attached hydrogen (secondary N) is 1. The van der Waals surface area contributed by atoms with E-state index >= 15 is 0 Å². The van der Waals surface area contributed by atoms with Gasteiger partial charge in [0.25, 0.3) is 0 Å². The maximum atomic E-state index is 11.9. The predicted molar refractivity (Wildman–Crippen MR) is 82.7 cm³/mol. The summed E-state index contributed by atoms with van der Waals surface area (Å²) in [6.45, 7) is 5.69. The molecule has 112 valence electrons. The summed E-state index contributed by atoms with van der Waals surface area (Å²) in [5.74, 6) is -0.0613. The van der Waals surface area contributed by atoms with Crippen molar-refractivity contribution in [2.24, 2.45) is 0 Å². The highest BCUT2D eigenvalue weighted by Crippen LogP contribution is 2.33. The van der Waals surface area contributed by atoms with Crippen molar-refractivity contribution >= 4 is 5.91 Å². The van der Waals surface area contributed by atoms with Gasteiger partial charge in [0.1, 0.15) is 6.54 Å². The Morgan fingerprint density at radius 1 is 1.43 bits per heavy atom. The van der Waals surface area contributed by atoms with E-state index in [1.165, 1.54) is 23.1 Å². The second-order valence-corrected chi connectivity index (χ2v) is 5.71. The van der Waals surface area contributed by atoms with Crippen LogP contribution in [0.3, 0.4) is 0 Å². The fourth-order valence-electron chi connectivity index (χ4n) is 3.05. The van der Waals surface area contributed by atoms with Gasteiger partial charge >= 0.3 is 0 Å². The molecule has 0 saturated carbocycles. The Labute approximate surface area is 126 Å². The molecule has 21 heavy (non-hydrogen) atoms. The summed E-state index contributed by atoms with van der Waals surface area (Å²) in [5.41, 5.74) is 3.96. The van der Waals surface area contributed by atoms with Crippen LogP contribution < -0.4 is 5.32 Å². The molecule has 1 saturated heterocycles. The van der Waals surface area contributed by atoms with Gasteiger partial charge in [-0.25, -0.2) is 0 Å². The highest BCUT2D eigenvalue weighted by atomic mass is 16.2. The van der Waals surface area contributed by atoms with Crippen LogP contribution in [0, 0.1) is 25.2 Å². The first-order valence-electron chi connectivity index (χ1n) is 7.57. The summed E-state index contributed by atoms with van der Waals surface area (Å²) >= 11 is 0. The van der Waals surface area contributed by atoms with Gasteiger partial charge < -0.3 is 5.32 Å². The zero-order chi connectivity index (χ0) is 15.2. The average molecular weight is 285 g/mol. The van der Waals surface area contributed by atoms with Crippen molar-refractivity contribution < 1.29 is 4.79 Å². The SMILES string of the molecule is Cc1cccc(C2CCCCN2CC(=O)NCC#N)c1C. The predicted octanol–water partition coefficient (Wildman–Crippen LogP) is 2.47. The Morgan fingerprint density at radius 2 is 2.24 bits per heavy atom. The molecule has 1 fully saturated rings. The summed E-state index contributed by atoms with van der Waals surface area (Å²) < 4.78 is 0. The number of amides is 1. The van der Waals surface area contributed by atoms with Crippen LogP contribution in [0.1, 0.15) is 42.0 Å². The normalized spacial score (nSPS) is 19.0. The topological polar surface area (TPSA) is 56.1 Å². The fourth-order valence-corrected chi connectivity index (χ4v) is 3.05. The van der Waals surface area contributed by atoms with Crippen molar-refractivity contribution in [2.75, 3.05) is 19.6 Å². The van der Waals surface area contributed by atoms with E-state index < -0.39 is 0 Å². The molecule has 1 N–H and O–H groups in total. The largest absolute Gasteiger partial charge is 0.342 e. The summed E-state index contributed by atoms with van der Waals surface area (Å²) in [6, 6.07) is 8.66. The monoisotopic (exact) mass is 285 g/mol. The number of likely N-dealkylation sites (tertiary alicyclic amines) is 1. The number of piperidine rings is 1. The first kappa shape index (κ1) is 15.5. The number of aryl methyl sites for hydroxylation is 1. The van der Waals surface area contributed by atoms with Crippen LogP contribution in [-0.2, 0) is 4.79 Å². The smallest absolute Gasteiger partial charge is 0.235 e. The van der Waals surface area contributed by atoms with Crippen molar-refractivity contribution in [3.05, 3.63) is 34.9 Å². The van der Waals surface area contributed by atoms with E-state index in [4.69, 9.17) is 5.26 Å². The minimum atomic E-state index is -0.0613. The third-order valence-corrected chi connectivity index (χ3v) is 4.33. The van der Waals surface area contributed by atoms with Crippen LogP contribution in [0.25, 0.3) is 0 Å². The highest BCUT2D eigenvalue weighted by molar-refractivity contribution is 5.78. The second-order valence-electron chi connectivity index (χ2n) is 5.71. The molecule has 4 heteroatoms. The van der Waals surface area contributed by atoms with E-state index in [1.807, 2.05) is 6.07 Å². The molecule has 1 amide bonds. The maximum absolute atomic E-state index is 11.9. The first-order chi connectivity index (χ1) is 10.1. The molecule has 1 atom stereocenters. The fraction of sp³-hybridized carbons (Fsp3) is 0.529. The van der Waals surface area contributed by atoms with Gasteiger partial charge in [0.2, 0.25) is 5.91 Å². The van der Waals surface area contributed by atoms with Crippen molar-refractivity contribution in [3.63, 3.8) is 0 Å². The molecule has 0 aromatic heterocycles. The van der Waals surface area contributed by atoms with E-state index in [2.05, 4.69) is 42.3 Å². The van der Waals surface area contributed by atoms with Crippen LogP contribution in [0.15, 0.2) is 18.2 Å². The van der Waals surface area contributed by atoms with Gasteiger partial charge in [-0.15, -0.1) is 0 Å². The third-order valence-electron chi connectivity index (χ3n) is 4.33. The van der Waals surface area contributed by atoms with Crippen molar-refractivity contribution in [3.8, 4) is 6.07 Å². The Bertz CT molecular complexity index is 547. The number of nitriles is 1. The first-order valence-corrected chi connectivity index (χ1v) is 7.57. The Balaban J connectivity index is 2.14. The van der Waals surface area contributed by atoms with Crippen LogP contribution in [0.2, 0.25) is 0 Å². The quantitative estimate of drug-likeness (QED) is 0.865. The molecule has 0 bridgehead atoms. The molecule has 1 aromatic carbocycles. The van der Waals surface area contributed by atoms with Crippen molar-refractivity contribution in [2.45, 2.75) is 39.2 Å². The lowest BCUT2D eigenvalue weighted by Gasteiger charge is -2.36. The average Bonchev–Trinajstić information content (AvgIpc) is 2.49. The number of hydrogen-bond donors (Lipinski definition) is 1. The molecular formula is C17H23N3O. The summed E-state index contributed by atoms with van der Waals surface area (Å²) in [7, 11) is 0. The van der Waals surface area contributed by atoms with E-state index in [1.54, 1.807) is 0 Å². The number of nitrogens with zero attached hydrogens (tertiary/aromatic N) is 2. The Kier molecular flexibility index (Phi) is 5.35. The lowest BCUT2D eigenvalue weighted by Crippen LogP contribution is -2.41. The summed E-state index contributed by atoms with van der Waals surface area (Å²) in [4.78, 5) is 14.1. The molecule has 0 spiro atoms. The van der Waals surface area contributed by atoms with E-state index in [9.17, 15) is 4.79 Å². The molecular weight excluding hydrogens is 262 g/mol. The maximum Gasteiger partial charge on any atom is 0.235 e. The minimum absolute atomic E-state index is 0.0613. The van der Waals surface area contributed by atoms with Gasteiger partial charge in [0, 0.05) is 6.04 Å². The van der Waals surface area contributed by atoms with Crippen molar-refractivity contribution in [1.82, 2.24) is 10.2 Å². The van der Waals surface area contributed by atoms with E-state index in [0.717, 1.165) is 19.4 Å². The van der Waals surface area contributed by atoms with Crippen LogP contribution in [0.4, 0.5) is 0 Å². The van der Waals surface area contributed by atoms with Crippen LogP contribution in [-0.4, -0.2) is 30.4 Å². The van der Waals surface area contributed by atoms with Gasteiger partial charge in [-0.3, -0.25) is 9.69 Å². The molecule has 0 aliphatic carbocycles. The van der Waals surface area contributed by atoms with Crippen LogP contribution >= 0.6 is 0 Å². The highest BCUT2D eigenvalue weighted by Gasteiger charge is 2.26. The molecule has 2 rings (SSSR count). The molecule has 1 heterocycles.